The van der Waals surface area contributed by atoms with Gasteiger partial charge in [0.1, 0.15) is 0 Å². The molecule has 1 aliphatic heterocycles. The molecule has 0 N–H and O–H groups in total. The number of hydrogen-bond acceptors (Lipinski definition) is 3. The van der Waals surface area contributed by atoms with E-state index in [9.17, 15) is 0 Å². The molecule has 0 spiro atoms. The molecule has 3 nitrogen and oxygen atoms in total. The van der Waals surface area contributed by atoms with E-state index in [0.29, 0.717) is 6.79 Å². The molecule has 15 heavy (non-hydrogen) atoms. The minimum Gasteiger partial charge on any atom is -0.454 e. The Bertz CT molecular complexity index is 338. The molecule has 0 bridgehead atoms. The molecule has 1 heterocycles. The summed E-state index contributed by atoms with van der Waals surface area (Å²) in [6, 6.07) is 6.11. The van der Waals surface area contributed by atoms with E-state index in [2.05, 4.69) is 37.4 Å². The summed E-state index contributed by atoms with van der Waals surface area (Å²) in [5.74, 6) is 1.71. The van der Waals surface area contributed by atoms with E-state index in [1.54, 1.807) is 0 Å². The third-order valence-corrected chi connectivity index (χ3v) is 2.38. The van der Waals surface area contributed by atoms with Gasteiger partial charge in [0.25, 0.3) is 0 Å². The second-order valence-electron chi connectivity index (χ2n) is 3.79. The van der Waals surface area contributed by atoms with Gasteiger partial charge in [-0.05, 0) is 31.2 Å². The van der Waals surface area contributed by atoms with E-state index >= 15 is 0 Å². The third-order valence-electron chi connectivity index (χ3n) is 2.38. The second-order valence-corrected chi connectivity index (χ2v) is 3.79. The minimum absolute atomic E-state index is 0.345. The van der Waals surface area contributed by atoms with Crippen molar-refractivity contribution in [1.82, 2.24) is 4.90 Å². The van der Waals surface area contributed by atoms with E-state index in [4.69, 9.17) is 9.47 Å². The molecule has 0 aromatic heterocycles. The van der Waals surface area contributed by atoms with Gasteiger partial charge in [0.15, 0.2) is 11.5 Å². The fourth-order valence-electron chi connectivity index (χ4n) is 1.73. The van der Waals surface area contributed by atoms with Crippen LogP contribution in [0.1, 0.15) is 12.5 Å². The summed E-state index contributed by atoms with van der Waals surface area (Å²) < 4.78 is 10.6. The summed E-state index contributed by atoms with van der Waals surface area (Å²) in [6.45, 7) is 4.34. The first-order chi connectivity index (χ1) is 7.29. The van der Waals surface area contributed by atoms with Crippen LogP contribution in [0.5, 0.6) is 11.5 Å². The molecule has 0 fully saturated rings. The quantitative estimate of drug-likeness (QED) is 0.752. The van der Waals surface area contributed by atoms with Gasteiger partial charge in [0.05, 0.1) is 0 Å². The van der Waals surface area contributed by atoms with Gasteiger partial charge in [-0.3, -0.25) is 0 Å². The van der Waals surface area contributed by atoms with Crippen molar-refractivity contribution in [3.8, 4) is 11.5 Å². The van der Waals surface area contributed by atoms with Gasteiger partial charge in [-0.1, -0.05) is 13.0 Å². The highest BCUT2D eigenvalue weighted by Gasteiger charge is 2.13. The highest BCUT2D eigenvalue weighted by molar-refractivity contribution is 5.44. The summed E-state index contributed by atoms with van der Waals surface area (Å²) in [5, 5.41) is 0. The lowest BCUT2D eigenvalue weighted by Crippen LogP contribution is -2.18. The van der Waals surface area contributed by atoms with Crippen LogP contribution in [-0.4, -0.2) is 25.3 Å². The van der Waals surface area contributed by atoms with Gasteiger partial charge in [0.2, 0.25) is 6.79 Å². The third kappa shape index (κ3) is 2.42. The Labute approximate surface area is 90.6 Å². The minimum atomic E-state index is 0.345. The van der Waals surface area contributed by atoms with Crippen LogP contribution in [0.25, 0.3) is 0 Å². The summed E-state index contributed by atoms with van der Waals surface area (Å²) in [6.07, 6.45) is 2.15. The van der Waals surface area contributed by atoms with E-state index in [-0.39, 0.29) is 0 Å². The number of nitrogens with zero attached hydrogens (tertiary/aromatic N) is 1. The van der Waals surface area contributed by atoms with Crippen molar-refractivity contribution in [3.05, 3.63) is 30.2 Å². The molecule has 0 aliphatic carbocycles. The predicted octanol–water partition coefficient (Wildman–Crippen LogP) is 2.07. The molecule has 0 saturated carbocycles. The maximum absolute atomic E-state index is 5.33. The van der Waals surface area contributed by atoms with E-state index < -0.39 is 0 Å². The molecule has 2 rings (SSSR count). The van der Waals surface area contributed by atoms with Crippen molar-refractivity contribution in [1.29, 1.82) is 0 Å². The van der Waals surface area contributed by atoms with E-state index in [1.807, 2.05) is 6.07 Å². The average Bonchev–Trinajstić information content (AvgIpc) is 2.65. The summed E-state index contributed by atoms with van der Waals surface area (Å²) in [7, 11) is 2.10. The van der Waals surface area contributed by atoms with Crippen LogP contribution in [0.15, 0.2) is 18.2 Å². The van der Waals surface area contributed by atoms with Crippen LogP contribution in [0.4, 0.5) is 0 Å². The second kappa shape index (κ2) is 4.53. The Morgan fingerprint density at radius 3 is 2.93 bits per heavy atom. The fraction of sp³-hybridized carbons (Fsp3) is 0.417. The molecule has 0 amide bonds. The largest absolute Gasteiger partial charge is 0.454 e. The summed E-state index contributed by atoms with van der Waals surface area (Å²) in [5.41, 5.74) is 1.25. The van der Waals surface area contributed by atoms with Crippen LogP contribution >= 0.6 is 0 Å². The molecule has 1 radical (unpaired) electrons. The normalized spacial score (nSPS) is 13.5. The Morgan fingerprint density at radius 2 is 2.13 bits per heavy atom. The van der Waals surface area contributed by atoms with Crippen LogP contribution in [0.3, 0.4) is 0 Å². The average molecular weight is 206 g/mol. The van der Waals surface area contributed by atoms with E-state index in [0.717, 1.165) is 24.6 Å². The molecule has 0 atom stereocenters. The molecular weight excluding hydrogens is 190 g/mol. The van der Waals surface area contributed by atoms with Gasteiger partial charge in [-0.2, -0.15) is 0 Å². The Kier molecular flexibility index (Phi) is 3.11. The standard InChI is InChI=1S/C12H16NO2/c1-3-6-13(2)8-10-4-5-11-12(7-10)15-9-14-11/h3-5,7H,6,8-9H2,1-2H3. The van der Waals surface area contributed by atoms with Crippen LogP contribution in [0.2, 0.25) is 0 Å². The molecule has 0 saturated heterocycles. The van der Waals surface area contributed by atoms with Crippen molar-refractivity contribution in [2.24, 2.45) is 0 Å². The van der Waals surface area contributed by atoms with Gasteiger partial charge < -0.3 is 14.4 Å². The van der Waals surface area contributed by atoms with Gasteiger partial charge in [-0.15, -0.1) is 0 Å². The number of fused-ring (bicyclic) bond motifs is 1. The van der Waals surface area contributed by atoms with Crippen LogP contribution < -0.4 is 9.47 Å². The van der Waals surface area contributed by atoms with Crippen molar-refractivity contribution in [2.45, 2.75) is 13.5 Å². The number of hydrogen-bond donors (Lipinski definition) is 0. The lowest BCUT2D eigenvalue weighted by Gasteiger charge is -2.15. The topological polar surface area (TPSA) is 21.7 Å². The summed E-state index contributed by atoms with van der Waals surface area (Å²) >= 11 is 0. The van der Waals surface area contributed by atoms with E-state index in [1.165, 1.54) is 5.56 Å². The first kappa shape index (κ1) is 10.3. The van der Waals surface area contributed by atoms with Crippen LogP contribution in [-0.2, 0) is 6.54 Å². The molecule has 1 aromatic carbocycles. The smallest absolute Gasteiger partial charge is 0.231 e. The highest BCUT2D eigenvalue weighted by atomic mass is 16.7. The molecule has 1 aromatic rings. The SMILES string of the molecule is C[CH]CN(C)Cc1ccc2c(c1)OCO2. The van der Waals surface area contributed by atoms with Crippen molar-refractivity contribution in [3.63, 3.8) is 0 Å². The number of benzene rings is 1. The first-order valence-electron chi connectivity index (χ1n) is 5.14. The zero-order valence-corrected chi connectivity index (χ0v) is 9.19. The van der Waals surface area contributed by atoms with Gasteiger partial charge >= 0.3 is 0 Å². The zero-order valence-electron chi connectivity index (χ0n) is 9.19. The van der Waals surface area contributed by atoms with Gasteiger partial charge in [-0.25, -0.2) is 0 Å². The number of ether oxygens (including phenoxy) is 2. The first-order valence-corrected chi connectivity index (χ1v) is 5.14. The Balaban J connectivity index is 2.03. The Hall–Kier alpha value is -1.22. The number of rotatable bonds is 4. The molecule has 1 aliphatic rings. The highest BCUT2D eigenvalue weighted by Crippen LogP contribution is 2.32. The lowest BCUT2D eigenvalue weighted by molar-refractivity contribution is 0.174. The van der Waals surface area contributed by atoms with Gasteiger partial charge in [0, 0.05) is 13.1 Å². The van der Waals surface area contributed by atoms with Crippen molar-refractivity contribution in [2.75, 3.05) is 20.4 Å². The maximum atomic E-state index is 5.33. The molecule has 0 unspecified atom stereocenters. The lowest BCUT2D eigenvalue weighted by atomic mass is 10.2. The van der Waals surface area contributed by atoms with Crippen molar-refractivity contribution < 1.29 is 9.47 Å². The summed E-state index contributed by atoms with van der Waals surface area (Å²) in [4.78, 5) is 2.25. The zero-order chi connectivity index (χ0) is 10.7. The maximum Gasteiger partial charge on any atom is 0.231 e. The van der Waals surface area contributed by atoms with Crippen LogP contribution in [0, 0.1) is 6.42 Å². The monoisotopic (exact) mass is 206 g/mol. The fourth-order valence-corrected chi connectivity index (χ4v) is 1.73. The van der Waals surface area contributed by atoms with Crippen molar-refractivity contribution >= 4 is 0 Å². The Morgan fingerprint density at radius 1 is 1.33 bits per heavy atom. The molecule has 81 valence electrons. The predicted molar refractivity (Wildman–Crippen MR) is 58.9 cm³/mol. The molecule has 3 heteroatoms. The molecular formula is C12H16NO2.